The van der Waals surface area contributed by atoms with Gasteiger partial charge >= 0.3 is 0 Å². The van der Waals surface area contributed by atoms with Crippen LogP contribution >= 0.6 is 0 Å². The van der Waals surface area contributed by atoms with Crippen LogP contribution in [0.3, 0.4) is 0 Å². The molecule has 0 heterocycles. The summed E-state index contributed by atoms with van der Waals surface area (Å²) in [6.45, 7) is 3.74. The first-order valence-corrected chi connectivity index (χ1v) is 8.31. The molecule has 25 heavy (non-hydrogen) atoms. The van der Waals surface area contributed by atoms with Crippen molar-refractivity contribution >= 4 is 0 Å². The van der Waals surface area contributed by atoms with Gasteiger partial charge in [-0.1, -0.05) is 42.5 Å². The lowest BCUT2D eigenvalue weighted by atomic mass is 9.96. The molecule has 3 nitrogen and oxygen atoms in total. The molecular weight excluding hydrogens is 312 g/mol. The van der Waals surface area contributed by atoms with Crippen LogP contribution < -0.4 is 0 Å². The normalized spacial score (nSPS) is 10.8. The molecule has 0 amide bonds. The van der Waals surface area contributed by atoms with Crippen molar-refractivity contribution in [2.45, 2.75) is 26.7 Å². The van der Waals surface area contributed by atoms with Crippen LogP contribution in [0.4, 0.5) is 0 Å². The first kappa shape index (κ1) is 16.9. The Morgan fingerprint density at radius 2 is 1.28 bits per heavy atom. The fourth-order valence-corrected chi connectivity index (χ4v) is 3.02. The van der Waals surface area contributed by atoms with Gasteiger partial charge in [0, 0.05) is 12.8 Å². The van der Waals surface area contributed by atoms with E-state index in [1.54, 1.807) is 12.1 Å². The van der Waals surface area contributed by atoms with Crippen molar-refractivity contribution in [3.63, 3.8) is 0 Å². The highest BCUT2D eigenvalue weighted by Crippen LogP contribution is 2.28. The summed E-state index contributed by atoms with van der Waals surface area (Å²) in [5.74, 6) is 0.853. The predicted octanol–water partition coefficient (Wildman–Crippen LogP) is 4.60. The van der Waals surface area contributed by atoms with E-state index in [0.29, 0.717) is 18.6 Å². The minimum Gasteiger partial charge on any atom is -0.508 e. The predicted molar refractivity (Wildman–Crippen MR) is 99.4 cm³/mol. The monoisotopic (exact) mass is 334 g/mol. The number of phenols is 3. The van der Waals surface area contributed by atoms with Gasteiger partial charge in [-0.3, -0.25) is 0 Å². The van der Waals surface area contributed by atoms with Crippen LogP contribution in [-0.4, -0.2) is 15.3 Å². The summed E-state index contributed by atoms with van der Waals surface area (Å²) >= 11 is 0. The quantitative estimate of drug-likeness (QED) is 0.653. The second-order valence-electron chi connectivity index (χ2n) is 6.52. The highest BCUT2D eigenvalue weighted by Gasteiger charge is 2.09. The van der Waals surface area contributed by atoms with E-state index in [2.05, 4.69) is 0 Å². The van der Waals surface area contributed by atoms with Crippen LogP contribution in [0.5, 0.6) is 17.2 Å². The van der Waals surface area contributed by atoms with Gasteiger partial charge in [0.25, 0.3) is 0 Å². The van der Waals surface area contributed by atoms with E-state index in [0.717, 1.165) is 33.4 Å². The number of rotatable bonds is 4. The molecule has 3 aromatic carbocycles. The van der Waals surface area contributed by atoms with Crippen molar-refractivity contribution in [3.05, 3.63) is 88.0 Å². The van der Waals surface area contributed by atoms with Crippen LogP contribution in [0.2, 0.25) is 0 Å². The summed E-state index contributed by atoms with van der Waals surface area (Å²) in [5, 5.41) is 30.0. The van der Waals surface area contributed by atoms with Gasteiger partial charge in [0.1, 0.15) is 17.2 Å². The van der Waals surface area contributed by atoms with E-state index in [1.165, 1.54) is 0 Å². The Bertz CT molecular complexity index is 913. The molecule has 3 aromatic rings. The molecule has 0 saturated heterocycles. The first-order valence-electron chi connectivity index (χ1n) is 8.31. The average molecular weight is 334 g/mol. The molecule has 3 N–H and O–H groups in total. The molecule has 0 aliphatic carbocycles. The molecule has 3 rings (SSSR count). The van der Waals surface area contributed by atoms with Crippen molar-refractivity contribution in [2.24, 2.45) is 0 Å². The Hall–Kier alpha value is -2.94. The number of aromatic hydroxyl groups is 3. The zero-order valence-electron chi connectivity index (χ0n) is 14.5. The van der Waals surface area contributed by atoms with Crippen molar-refractivity contribution < 1.29 is 15.3 Å². The number of para-hydroxylation sites is 1. The number of benzene rings is 3. The maximum Gasteiger partial charge on any atom is 0.122 e. The number of hydrogen-bond acceptors (Lipinski definition) is 3. The van der Waals surface area contributed by atoms with E-state index in [1.807, 2.05) is 56.3 Å². The minimum absolute atomic E-state index is 0.253. The number of aryl methyl sites for hydroxylation is 2. The second kappa shape index (κ2) is 6.89. The third-order valence-electron chi connectivity index (χ3n) is 4.52. The summed E-state index contributed by atoms with van der Waals surface area (Å²) in [6.07, 6.45) is 1.19. The van der Waals surface area contributed by atoms with E-state index in [-0.39, 0.29) is 11.5 Å². The van der Waals surface area contributed by atoms with Gasteiger partial charge in [0.05, 0.1) is 0 Å². The Kier molecular flexibility index (Phi) is 4.66. The second-order valence-corrected chi connectivity index (χ2v) is 6.52. The highest BCUT2D eigenvalue weighted by molar-refractivity contribution is 5.46. The molecule has 0 radical (unpaired) electrons. The molecule has 0 aromatic heterocycles. The molecule has 0 aliphatic heterocycles. The first-order chi connectivity index (χ1) is 11.9. The molecule has 0 unspecified atom stereocenters. The van der Waals surface area contributed by atoms with E-state index in [9.17, 15) is 15.3 Å². The molecule has 0 bridgehead atoms. The topological polar surface area (TPSA) is 60.7 Å². The molecule has 0 fully saturated rings. The molecule has 0 atom stereocenters. The van der Waals surface area contributed by atoms with Gasteiger partial charge in [-0.05, 0) is 59.4 Å². The Labute approximate surface area is 147 Å². The summed E-state index contributed by atoms with van der Waals surface area (Å²) in [7, 11) is 0. The van der Waals surface area contributed by atoms with Crippen LogP contribution in [-0.2, 0) is 12.8 Å². The summed E-state index contributed by atoms with van der Waals surface area (Å²) in [4.78, 5) is 0. The van der Waals surface area contributed by atoms with E-state index in [4.69, 9.17) is 0 Å². The number of hydrogen-bond donors (Lipinski definition) is 3. The highest BCUT2D eigenvalue weighted by atomic mass is 16.3. The lowest BCUT2D eigenvalue weighted by Gasteiger charge is -2.11. The van der Waals surface area contributed by atoms with Gasteiger partial charge in [-0.25, -0.2) is 0 Å². The maximum atomic E-state index is 10.2. The average Bonchev–Trinajstić information content (AvgIpc) is 2.58. The van der Waals surface area contributed by atoms with Crippen LogP contribution in [0.15, 0.2) is 54.6 Å². The van der Waals surface area contributed by atoms with Crippen molar-refractivity contribution in [1.29, 1.82) is 0 Å². The van der Waals surface area contributed by atoms with Gasteiger partial charge in [0.15, 0.2) is 0 Å². The lowest BCUT2D eigenvalue weighted by Crippen LogP contribution is -1.95. The Morgan fingerprint density at radius 1 is 0.640 bits per heavy atom. The Balaban J connectivity index is 1.87. The zero-order valence-corrected chi connectivity index (χ0v) is 14.5. The van der Waals surface area contributed by atoms with Gasteiger partial charge < -0.3 is 15.3 Å². The maximum absolute atomic E-state index is 10.2. The van der Waals surface area contributed by atoms with Gasteiger partial charge in [0.2, 0.25) is 0 Å². The SMILES string of the molecule is Cc1cc(Cc2cc(Cc3cccc(C)c3O)ccc2O)ccc1O. The van der Waals surface area contributed by atoms with Crippen LogP contribution in [0, 0.1) is 13.8 Å². The van der Waals surface area contributed by atoms with Crippen LogP contribution in [0.25, 0.3) is 0 Å². The minimum atomic E-state index is 0.253. The van der Waals surface area contributed by atoms with Crippen molar-refractivity contribution in [2.75, 3.05) is 0 Å². The fourth-order valence-electron chi connectivity index (χ4n) is 3.02. The molecular formula is C22H22O3. The summed E-state index contributed by atoms with van der Waals surface area (Å²) < 4.78 is 0. The van der Waals surface area contributed by atoms with E-state index < -0.39 is 0 Å². The molecule has 128 valence electrons. The lowest BCUT2D eigenvalue weighted by molar-refractivity contribution is 0.465. The molecule has 3 heteroatoms. The smallest absolute Gasteiger partial charge is 0.122 e. The number of phenolic OH excluding ortho intramolecular Hbond substituents is 3. The molecule has 0 aliphatic rings. The zero-order chi connectivity index (χ0) is 18.0. The summed E-state index contributed by atoms with van der Waals surface area (Å²) in [5.41, 5.74) is 5.44. The van der Waals surface area contributed by atoms with E-state index >= 15 is 0 Å². The third kappa shape index (κ3) is 3.77. The fraction of sp³-hybridized carbons (Fsp3) is 0.182. The van der Waals surface area contributed by atoms with Crippen LogP contribution in [0.1, 0.15) is 33.4 Å². The molecule has 0 spiro atoms. The standard InChI is InChI=1S/C22H22O3/c1-14-4-3-5-18(22(14)25)11-17-7-9-21(24)19(13-17)12-16-6-8-20(23)15(2)10-16/h3-10,13,23-25H,11-12H2,1-2H3. The van der Waals surface area contributed by atoms with Crippen molar-refractivity contribution in [1.82, 2.24) is 0 Å². The summed E-state index contributed by atoms with van der Waals surface area (Å²) in [6, 6.07) is 16.7. The Morgan fingerprint density at radius 3 is 2.00 bits per heavy atom. The van der Waals surface area contributed by atoms with Gasteiger partial charge in [-0.15, -0.1) is 0 Å². The van der Waals surface area contributed by atoms with Crippen molar-refractivity contribution in [3.8, 4) is 17.2 Å². The van der Waals surface area contributed by atoms with Gasteiger partial charge in [-0.2, -0.15) is 0 Å². The molecule has 0 saturated carbocycles. The largest absolute Gasteiger partial charge is 0.508 e. The third-order valence-corrected chi connectivity index (χ3v) is 4.52.